The highest BCUT2D eigenvalue weighted by Gasteiger charge is 2.04. The number of nitrogens with one attached hydrogen (secondary N) is 1. The second kappa shape index (κ2) is 5.72. The van der Waals surface area contributed by atoms with Crippen LogP contribution in [-0.4, -0.2) is 12.0 Å². The van der Waals surface area contributed by atoms with E-state index in [1.54, 1.807) is 13.2 Å². The first kappa shape index (κ1) is 12.7. The molecule has 0 radical (unpaired) electrons. The fourth-order valence-corrected chi connectivity index (χ4v) is 1.44. The van der Waals surface area contributed by atoms with Crippen molar-refractivity contribution in [2.24, 2.45) is 0 Å². The molecule has 0 spiro atoms. The van der Waals surface area contributed by atoms with Gasteiger partial charge in [-0.2, -0.15) is 0 Å². The van der Waals surface area contributed by atoms with Crippen LogP contribution in [0.4, 0.5) is 11.4 Å². The highest BCUT2D eigenvalue weighted by Crippen LogP contribution is 2.20. The van der Waals surface area contributed by atoms with Crippen LogP contribution < -0.4 is 15.1 Å². The Bertz CT molecular complexity index is 569. The molecule has 98 valence electrons. The average Bonchev–Trinajstić information content (AvgIpc) is 2.46. The number of nitrogens with zero attached hydrogens (tertiary/aromatic N) is 1. The maximum atomic E-state index is 10.5. The topological polar surface area (TPSA) is 73.6 Å². The first-order valence-corrected chi connectivity index (χ1v) is 5.50. The number of methoxy groups -OCH3 is 1. The number of ether oxygens (including phenoxy) is 1. The van der Waals surface area contributed by atoms with Gasteiger partial charge >= 0.3 is 0 Å². The van der Waals surface area contributed by atoms with Crippen LogP contribution in [-0.2, 0) is 0 Å². The van der Waals surface area contributed by atoms with Crippen molar-refractivity contribution in [3.63, 3.8) is 0 Å². The Balaban J connectivity index is 1.99. The molecule has 0 heterocycles. The summed E-state index contributed by atoms with van der Waals surface area (Å²) in [5.41, 5.74) is 3.48. The predicted octanol–water partition coefficient (Wildman–Crippen LogP) is 3.01. The number of nitro groups is 1. The molecule has 0 aromatic heterocycles. The molecule has 0 aliphatic rings. The molecule has 2 aromatic carbocycles. The summed E-state index contributed by atoms with van der Waals surface area (Å²) < 4.78 is 5.08. The summed E-state index contributed by atoms with van der Waals surface area (Å²) in [5.74, 6) is 1.19. The van der Waals surface area contributed by atoms with E-state index in [9.17, 15) is 10.1 Å². The molecule has 2 rings (SSSR count). The number of non-ortho nitro benzene ring substituents is 1. The maximum Gasteiger partial charge on any atom is 0.269 e. The van der Waals surface area contributed by atoms with Crippen LogP contribution in [0.1, 0.15) is 0 Å². The zero-order valence-electron chi connectivity index (χ0n) is 10.2. The molecule has 0 saturated carbocycles. The number of rotatable bonds is 5. The minimum atomic E-state index is -0.459. The molecule has 19 heavy (non-hydrogen) atoms. The second-order valence-corrected chi connectivity index (χ2v) is 3.69. The van der Waals surface area contributed by atoms with Crippen LogP contribution in [0.2, 0.25) is 0 Å². The van der Waals surface area contributed by atoms with Gasteiger partial charge < -0.3 is 9.57 Å². The van der Waals surface area contributed by atoms with Crippen molar-refractivity contribution in [2.75, 3.05) is 12.6 Å². The van der Waals surface area contributed by atoms with Crippen LogP contribution in [0.5, 0.6) is 11.5 Å². The Morgan fingerprint density at radius 2 is 1.84 bits per heavy atom. The van der Waals surface area contributed by atoms with Gasteiger partial charge in [0.15, 0.2) is 5.75 Å². The minimum Gasteiger partial charge on any atom is -0.497 e. The Morgan fingerprint density at radius 3 is 2.47 bits per heavy atom. The number of hydrogen-bond donors (Lipinski definition) is 1. The fourth-order valence-electron chi connectivity index (χ4n) is 1.44. The second-order valence-electron chi connectivity index (χ2n) is 3.69. The van der Waals surface area contributed by atoms with Gasteiger partial charge in [0.1, 0.15) is 5.75 Å². The summed E-state index contributed by atoms with van der Waals surface area (Å²) in [6.07, 6.45) is 0. The first-order valence-electron chi connectivity index (χ1n) is 5.50. The summed E-state index contributed by atoms with van der Waals surface area (Å²) in [4.78, 5) is 15.3. The van der Waals surface area contributed by atoms with Crippen LogP contribution in [0.3, 0.4) is 0 Å². The van der Waals surface area contributed by atoms with Crippen molar-refractivity contribution < 1.29 is 14.5 Å². The summed E-state index contributed by atoms with van der Waals surface area (Å²) in [6, 6.07) is 13.0. The Kier molecular flexibility index (Phi) is 3.82. The van der Waals surface area contributed by atoms with Gasteiger partial charge in [-0.05, 0) is 24.3 Å². The molecular weight excluding hydrogens is 248 g/mol. The summed E-state index contributed by atoms with van der Waals surface area (Å²) in [7, 11) is 1.58. The number of benzene rings is 2. The third-order valence-corrected chi connectivity index (χ3v) is 2.40. The lowest BCUT2D eigenvalue weighted by atomic mass is 10.3. The van der Waals surface area contributed by atoms with E-state index in [2.05, 4.69) is 5.48 Å². The minimum absolute atomic E-state index is 0.0220. The van der Waals surface area contributed by atoms with Gasteiger partial charge in [0, 0.05) is 18.2 Å². The quantitative estimate of drug-likeness (QED) is 0.660. The van der Waals surface area contributed by atoms with Crippen LogP contribution in [0.15, 0.2) is 48.5 Å². The lowest BCUT2D eigenvalue weighted by molar-refractivity contribution is -0.384. The van der Waals surface area contributed by atoms with E-state index in [1.807, 2.05) is 18.2 Å². The molecule has 0 bridgehead atoms. The Hall–Kier alpha value is -2.76. The smallest absolute Gasteiger partial charge is 0.269 e. The molecule has 0 fully saturated rings. The van der Waals surface area contributed by atoms with Gasteiger partial charge in [0.25, 0.3) is 5.69 Å². The average molecular weight is 260 g/mol. The highest BCUT2D eigenvalue weighted by atomic mass is 16.6. The summed E-state index contributed by atoms with van der Waals surface area (Å²) in [5, 5.41) is 10.5. The van der Waals surface area contributed by atoms with E-state index in [4.69, 9.17) is 9.57 Å². The lowest BCUT2D eigenvalue weighted by Gasteiger charge is -2.09. The molecule has 2 aromatic rings. The molecule has 0 aliphatic heterocycles. The van der Waals surface area contributed by atoms with Crippen molar-refractivity contribution >= 4 is 11.4 Å². The molecular formula is C13H12N2O4. The predicted molar refractivity (Wildman–Crippen MR) is 70.3 cm³/mol. The molecule has 0 atom stereocenters. The van der Waals surface area contributed by atoms with Crippen LogP contribution in [0, 0.1) is 10.1 Å². The largest absolute Gasteiger partial charge is 0.497 e. The zero-order chi connectivity index (χ0) is 13.7. The van der Waals surface area contributed by atoms with Crippen molar-refractivity contribution in [1.82, 2.24) is 0 Å². The van der Waals surface area contributed by atoms with Gasteiger partial charge in [0.05, 0.1) is 17.7 Å². The lowest BCUT2D eigenvalue weighted by Crippen LogP contribution is -2.04. The van der Waals surface area contributed by atoms with E-state index in [0.29, 0.717) is 11.5 Å². The Morgan fingerprint density at radius 1 is 1.11 bits per heavy atom. The van der Waals surface area contributed by atoms with E-state index >= 15 is 0 Å². The van der Waals surface area contributed by atoms with E-state index in [-0.39, 0.29) is 5.69 Å². The van der Waals surface area contributed by atoms with Gasteiger partial charge in [0.2, 0.25) is 0 Å². The van der Waals surface area contributed by atoms with Gasteiger partial charge in [-0.1, -0.05) is 6.07 Å². The normalized spacial score (nSPS) is 9.74. The third-order valence-electron chi connectivity index (χ3n) is 2.40. The molecule has 0 amide bonds. The van der Waals surface area contributed by atoms with Gasteiger partial charge in [-0.3, -0.25) is 10.1 Å². The van der Waals surface area contributed by atoms with Gasteiger partial charge in [-0.15, -0.1) is 0 Å². The number of anilines is 1. The van der Waals surface area contributed by atoms with Crippen LogP contribution in [0.25, 0.3) is 0 Å². The summed E-state index contributed by atoms with van der Waals surface area (Å²) >= 11 is 0. The monoisotopic (exact) mass is 260 g/mol. The molecule has 6 nitrogen and oxygen atoms in total. The van der Waals surface area contributed by atoms with Crippen molar-refractivity contribution in [2.45, 2.75) is 0 Å². The molecule has 0 aliphatic carbocycles. The molecule has 0 unspecified atom stereocenters. The molecule has 6 heteroatoms. The van der Waals surface area contributed by atoms with Gasteiger partial charge in [-0.25, -0.2) is 5.48 Å². The maximum absolute atomic E-state index is 10.5. The SMILES string of the molecule is COc1cccc(NOc2ccc([N+](=O)[O-])cc2)c1. The van der Waals surface area contributed by atoms with Crippen molar-refractivity contribution in [3.8, 4) is 11.5 Å². The fraction of sp³-hybridized carbons (Fsp3) is 0.0769. The standard InChI is InChI=1S/C13H12N2O4/c1-18-13-4-2-3-10(9-13)14-19-12-7-5-11(6-8-12)15(16)17/h2-9,14H,1H3. The zero-order valence-corrected chi connectivity index (χ0v) is 10.2. The van der Waals surface area contributed by atoms with Crippen molar-refractivity contribution in [3.05, 3.63) is 58.6 Å². The van der Waals surface area contributed by atoms with E-state index in [1.165, 1.54) is 24.3 Å². The van der Waals surface area contributed by atoms with E-state index in [0.717, 1.165) is 5.69 Å². The van der Waals surface area contributed by atoms with Crippen molar-refractivity contribution in [1.29, 1.82) is 0 Å². The molecule has 1 N–H and O–H groups in total. The Labute approximate surface area is 109 Å². The highest BCUT2D eigenvalue weighted by molar-refractivity contribution is 5.47. The third kappa shape index (κ3) is 3.35. The number of hydrogen-bond acceptors (Lipinski definition) is 5. The van der Waals surface area contributed by atoms with E-state index < -0.39 is 4.92 Å². The first-order chi connectivity index (χ1) is 9.19. The number of nitro benzene ring substituents is 1. The molecule has 0 saturated heterocycles. The van der Waals surface area contributed by atoms with Crippen LogP contribution >= 0.6 is 0 Å². The summed E-state index contributed by atoms with van der Waals surface area (Å²) in [6.45, 7) is 0.